The van der Waals surface area contributed by atoms with Crippen molar-refractivity contribution in [3.05, 3.63) is 47.7 Å². The maximum atomic E-state index is 12.3. The predicted molar refractivity (Wildman–Crippen MR) is 102 cm³/mol. The zero-order chi connectivity index (χ0) is 18.0. The first kappa shape index (κ1) is 17.0. The maximum absolute atomic E-state index is 12.3. The fourth-order valence-electron chi connectivity index (χ4n) is 2.92. The average Bonchev–Trinajstić information content (AvgIpc) is 3.09. The quantitative estimate of drug-likeness (QED) is 0.742. The minimum atomic E-state index is -0.300. The molecular weight excluding hydrogens is 314 g/mol. The summed E-state index contributed by atoms with van der Waals surface area (Å²) in [4.78, 5) is 18.6. The summed E-state index contributed by atoms with van der Waals surface area (Å²) in [7, 11) is 0. The van der Waals surface area contributed by atoms with Gasteiger partial charge in [0.15, 0.2) is 5.84 Å². The van der Waals surface area contributed by atoms with Crippen LogP contribution in [-0.2, 0) is 4.79 Å². The minimum Gasteiger partial charge on any atom is -0.361 e. The predicted octanol–water partition coefficient (Wildman–Crippen LogP) is 2.88. The van der Waals surface area contributed by atoms with Crippen LogP contribution in [0.4, 0.5) is 5.69 Å². The number of aryl methyl sites for hydroxylation is 1. The van der Waals surface area contributed by atoms with Crippen LogP contribution >= 0.6 is 0 Å². The average molecular weight is 337 g/mol. The smallest absolute Gasteiger partial charge is 0.263 e. The van der Waals surface area contributed by atoms with Crippen molar-refractivity contribution >= 4 is 29.0 Å². The molecule has 0 spiro atoms. The topological polar surface area (TPSA) is 80.6 Å². The van der Waals surface area contributed by atoms with Gasteiger partial charge in [0.2, 0.25) is 5.96 Å². The van der Waals surface area contributed by atoms with Crippen LogP contribution in [0, 0.1) is 12.3 Å². The van der Waals surface area contributed by atoms with Gasteiger partial charge in [-0.2, -0.15) is 4.99 Å². The van der Waals surface area contributed by atoms with Crippen LogP contribution in [0.15, 0.2) is 41.5 Å². The van der Waals surface area contributed by atoms with E-state index in [1.165, 1.54) is 0 Å². The van der Waals surface area contributed by atoms with Gasteiger partial charge in [0.25, 0.3) is 5.91 Å². The van der Waals surface area contributed by atoms with E-state index in [4.69, 9.17) is 5.41 Å². The Bertz CT molecular complexity index is 800. The van der Waals surface area contributed by atoms with Crippen molar-refractivity contribution in [2.75, 3.05) is 18.4 Å². The molecule has 2 aliphatic rings. The number of allylic oxidation sites excluding steroid dienone is 1. The molecule has 6 nitrogen and oxygen atoms in total. The van der Waals surface area contributed by atoms with Crippen LogP contribution in [0.25, 0.3) is 5.57 Å². The Hall–Kier alpha value is -2.89. The number of carbonyl (C=O) groups excluding carboxylic acids is 1. The Morgan fingerprint density at radius 3 is 2.72 bits per heavy atom. The molecule has 0 saturated carbocycles. The van der Waals surface area contributed by atoms with Gasteiger partial charge in [0.05, 0.1) is 5.57 Å². The number of nitrogens with zero attached hydrogens (tertiary/aromatic N) is 2. The zero-order valence-corrected chi connectivity index (χ0v) is 14.6. The Morgan fingerprint density at radius 1 is 1.40 bits per heavy atom. The molecule has 1 fully saturated rings. The summed E-state index contributed by atoms with van der Waals surface area (Å²) in [5.74, 6) is 0.173. The van der Waals surface area contributed by atoms with E-state index in [1.54, 1.807) is 6.20 Å². The highest BCUT2D eigenvalue weighted by Crippen LogP contribution is 2.21. The normalized spacial score (nSPS) is 19.0. The highest BCUT2D eigenvalue weighted by Gasteiger charge is 2.27. The number of aliphatic imine (C=N–C) groups is 1. The van der Waals surface area contributed by atoms with E-state index in [9.17, 15) is 4.79 Å². The second-order valence-electron chi connectivity index (χ2n) is 6.44. The van der Waals surface area contributed by atoms with Gasteiger partial charge in [-0.15, -0.1) is 0 Å². The van der Waals surface area contributed by atoms with Crippen molar-refractivity contribution in [2.24, 2.45) is 4.99 Å². The van der Waals surface area contributed by atoms with Gasteiger partial charge in [0, 0.05) is 25.0 Å². The largest absolute Gasteiger partial charge is 0.361 e. The third-order valence-corrected chi connectivity index (χ3v) is 4.44. The lowest BCUT2D eigenvalue weighted by atomic mass is 10.0. The SMILES string of the molecule is C=C(C)c1ccc(N/C=C2\C(=N)N=C(N3CCCC3)NC2=O)c(C)c1. The molecule has 3 N–H and O–H groups in total. The van der Waals surface area contributed by atoms with Crippen LogP contribution < -0.4 is 10.6 Å². The first-order valence-electron chi connectivity index (χ1n) is 8.43. The van der Waals surface area contributed by atoms with E-state index in [0.717, 1.165) is 48.3 Å². The summed E-state index contributed by atoms with van der Waals surface area (Å²) in [6, 6.07) is 5.96. The second kappa shape index (κ2) is 6.93. The number of anilines is 1. The van der Waals surface area contributed by atoms with Crippen molar-refractivity contribution < 1.29 is 4.79 Å². The molecular formula is C19H23N5O. The summed E-state index contributed by atoms with van der Waals surface area (Å²) in [5.41, 5.74) is 4.24. The molecule has 0 aromatic heterocycles. The lowest BCUT2D eigenvalue weighted by Gasteiger charge is -2.24. The number of amides is 1. The van der Waals surface area contributed by atoms with Gasteiger partial charge in [-0.3, -0.25) is 15.5 Å². The fourth-order valence-corrected chi connectivity index (χ4v) is 2.92. The Morgan fingerprint density at radius 2 is 2.12 bits per heavy atom. The first-order chi connectivity index (χ1) is 12.0. The molecule has 130 valence electrons. The number of rotatable bonds is 3. The van der Waals surface area contributed by atoms with Gasteiger partial charge in [-0.1, -0.05) is 18.2 Å². The summed E-state index contributed by atoms with van der Waals surface area (Å²) in [6.45, 7) is 9.64. The Balaban J connectivity index is 1.76. The number of nitrogens with one attached hydrogen (secondary N) is 3. The molecule has 6 heteroatoms. The Labute approximate surface area is 147 Å². The van der Waals surface area contributed by atoms with Crippen molar-refractivity contribution in [1.29, 1.82) is 5.41 Å². The van der Waals surface area contributed by atoms with E-state index in [0.29, 0.717) is 5.96 Å². The number of hydrogen-bond acceptors (Lipinski definition) is 4. The van der Waals surface area contributed by atoms with Crippen molar-refractivity contribution in [3.8, 4) is 0 Å². The highest BCUT2D eigenvalue weighted by molar-refractivity contribution is 6.28. The van der Waals surface area contributed by atoms with Gasteiger partial charge < -0.3 is 10.2 Å². The molecule has 0 atom stereocenters. The van der Waals surface area contributed by atoms with E-state index >= 15 is 0 Å². The van der Waals surface area contributed by atoms with Crippen LogP contribution in [-0.4, -0.2) is 35.7 Å². The number of benzene rings is 1. The molecule has 1 saturated heterocycles. The summed E-state index contributed by atoms with van der Waals surface area (Å²) < 4.78 is 0. The van der Waals surface area contributed by atoms with Crippen LogP contribution in [0.1, 0.15) is 30.9 Å². The van der Waals surface area contributed by atoms with Crippen molar-refractivity contribution in [2.45, 2.75) is 26.7 Å². The number of hydrogen-bond donors (Lipinski definition) is 3. The van der Waals surface area contributed by atoms with E-state index in [-0.39, 0.29) is 17.3 Å². The summed E-state index contributed by atoms with van der Waals surface area (Å²) >= 11 is 0. The number of amidine groups is 1. The standard InChI is InChI=1S/C19H23N5O/c1-12(2)14-6-7-16(13(3)10-14)21-11-15-17(20)22-19(23-18(15)25)24-8-4-5-9-24/h6-7,10-11,21H,1,4-5,8-9H2,2-3H3,(H2,20,22,23,25)/b15-11+. The molecule has 1 aromatic rings. The third-order valence-electron chi connectivity index (χ3n) is 4.44. The lowest BCUT2D eigenvalue weighted by Crippen LogP contribution is -2.47. The molecule has 0 aliphatic carbocycles. The van der Waals surface area contributed by atoms with Crippen molar-refractivity contribution in [1.82, 2.24) is 10.2 Å². The molecule has 25 heavy (non-hydrogen) atoms. The zero-order valence-electron chi connectivity index (χ0n) is 14.6. The maximum Gasteiger partial charge on any atom is 0.263 e. The third kappa shape index (κ3) is 3.63. The van der Waals surface area contributed by atoms with Gasteiger partial charge in [0.1, 0.15) is 0 Å². The highest BCUT2D eigenvalue weighted by atomic mass is 16.2. The van der Waals surface area contributed by atoms with Crippen LogP contribution in [0.2, 0.25) is 0 Å². The minimum absolute atomic E-state index is 0.0191. The van der Waals surface area contributed by atoms with E-state index < -0.39 is 0 Å². The summed E-state index contributed by atoms with van der Waals surface area (Å²) in [6.07, 6.45) is 3.72. The molecule has 1 aromatic carbocycles. The molecule has 0 radical (unpaired) electrons. The molecule has 0 unspecified atom stereocenters. The fraction of sp³-hybridized carbons (Fsp3) is 0.316. The lowest BCUT2D eigenvalue weighted by molar-refractivity contribution is -0.115. The number of carbonyl (C=O) groups is 1. The molecule has 2 aliphatic heterocycles. The van der Waals surface area contributed by atoms with Crippen molar-refractivity contribution in [3.63, 3.8) is 0 Å². The van der Waals surface area contributed by atoms with Gasteiger partial charge in [-0.05, 0) is 49.9 Å². The van der Waals surface area contributed by atoms with E-state index in [1.807, 2.05) is 36.9 Å². The monoisotopic (exact) mass is 337 g/mol. The number of likely N-dealkylation sites (tertiary alicyclic amines) is 1. The number of guanidine groups is 1. The second-order valence-corrected chi connectivity index (χ2v) is 6.44. The summed E-state index contributed by atoms with van der Waals surface area (Å²) in [5, 5.41) is 14.0. The first-order valence-corrected chi connectivity index (χ1v) is 8.43. The van der Waals surface area contributed by atoms with Crippen LogP contribution in [0.5, 0.6) is 0 Å². The molecule has 3 rings (SSSR count). The molecule has 2 heterocycles. The van der Waals surface area contributed by atoms with Gasteiger partial charge in [-0.25, -0.2) is 0 Å². The Kier molecular flexibility index (Phi) is 4.70. The molecule has 0 bridgehead atoms. The van der Waals surface area contributed by atoms with Gasteiger partial charge >= 0.3 is 0 Å². The van der Waals surface area contributed by atoms with E-state index in [2.05, 4.69) is 22.2 Å². The van der Waals surface area contributed by atoms with Crippen LogP contribution in [0.3, 0.4) is 0 Å². The molecule has 1 amide bonds.